The number of rotatable bonds is 7. The number of carboxylic acids is 1. The molecule has 2 fully saturated rings. The van der Waals surface area contributed by atoms with Gasteiger partial charge in [0, 0.05) is 17.9 Å². The zero-order valence-electron chi connectivity index (χ0n) is 19.1. The average Bonchev–Trinajstić information content (AvgIpc) is 3.36. The third-order valence-electron chi connectivity index (χ3n) is 7.61. The number of alkyl carbamates (subject to hydrolysis) is 1. The van der Waals surface area contributed by atoms with Gasteiger partial charge in [0.25, 0.3) is 0 Å². The van der Waals surface area contributed by atoms with E-state index < -0.39 is 17.6 Å². The van der Waals surface area contributed by atoms with Crippen LogP contribution in [0.1, 0.15) is 62.0 Å². The predicted octanol–water partition coefficient (Wildman–Crippen LogP) is 4.21. The zero-order valence-corrected chi connectivity index (χ0v) is 19.1. The van der Waals surface area contributed by atoms with Crippen LogP contribution < -0.4 is 10.6 Å². The van der Waals surface area contributed by atoms with Crippen LogP contribution in [-0.4, -0.2) is 41.3 Å². The lowest BCUT2D eigenvalue weighted by Crippen LogP contribution is -2.55. The molecule has 0 heterocycles. The highest BCUT2D eigenvalue weighted by molar-refractivity contribution is 5.82. The number of amides is 2. The van der Waals surface area contributed by atoms with Crippen molar-refractivity contribution in [3.63, 3.8) is 0 Å². The fraction of sp³-hybridized carbons (Fsp3) is 0.444. The van der Waals surface area contributed by atoms with E-state index in [0.29, 0.717) is 25.7 Å². The zero-order chi connectivity index (χ0) is 23.7. The van der Waals surface area contributed by atoms with Crippen molar-refractivity contribution in [2.75, 3.05) is 6.61 Å². The maximum Gasteiger partial charge on any atom is 0.407 e. The van der Waals surface area contributed by atoms with E-state index in [1.807, 2.05) is 24.3 Å². The molecule has 3 aliphatic carbocycles. The summed E-state index contributed by atoms with van der Waals surface area (Å²) in [5.74, 6) is -1.18. The van der Waals surface area contributed by atoms with Crippen LogP contribution in [0.4, 0.5) is 4.79 Å². The number of aliphatic carboxylic acids is 1. The molecule has 2 saturated carbocycles. The summed E-state index contributed by atoms with van der Waals surface area (Å²) in [5, 5.41) is 15.1. The molecule has 2 amide bonds. The second-order valence-corrected chi connectivity index (χ2v) is 9.88. The van der Waals surface area contributed by atoms with E-state index >= 15 is 0 Å². The molecule has 2 aromatic rings. The molecular formula is C27H30N2O5. The van der Waals surface area contributed by atoms with Gasteiger partial charge in [-0.1, -0.05) is 61.4 Å². The number of hydrogen-bond donors (Lipinski definition) is 3. The Morgan fingerprint density at radius 3 is 2.12 bits per heavy atom. The maximum atomic E-state index is 12.7. The van der Waals surface area contributed by atoms with Crippen LogP contribution in [0.2, 0.25) is 0 Å². The molecule has 3 aliphatic rings. The topological polar surface area (TPSA) is 105 Å². The smallest absolute Gasteiger partial charge is 0.407 e. The van der Waals surface area contributed by atoms with Gasteiger partial charge in [0.1, 0.15) is 6.61 Å². The first kappa shape index (κ1) is 22.4. The van der Waals surface area contributed by atoms with E-state index in [2.05, 4.69) is 34.9 Å². The molecule has 34 heavy (non-hydrogen) atoms. The monoisotopic (exact) mass is 462 g/mol. The summed E-state index contributed by atoms with van der Waals surface area (Å²) in [6.45, 7) is 0.258. The fourth-order valence-corrected chi connectivity index (χ4v) is 5.81. The number of carbonyl (C=O) groups excluding carboxylic acids is 2. The van der Waals surface area contributed by atoms with Gasteiger partial charge in [-0.05, 0) is 47.9 Å². The molecule has 7 nitrogen and oxygen atoms in total. The largest absolute Gasteiger partial charge is 0.481 e. The first-order chi connectivity index (χ1) is 16.4. The van der Waals surface area contributed by atoms with Crippen molar-refractivity contribution >= 4 is 18.0 Å². The molecule has 3 N–H and O–H groups in total. The van der Waals surface area contributed by atoms with Crippen molar-refractivity contribution in [3.8, 4) is 11.1 Å². The summed E-state index contributed by atoms with van der Waals surface area (Å²) in [6.07, 6.45) is 3.86. The number of nitrogens with one attached hydrogen (secondary N) is 2. The second-order valence-electron chi connectivity index (χ2n) is 9.88. The van der Waals surface area contributed by atoms with Crippen molar-refractivity contribution in [2.24, 2.45) is 5.92 Å². The minimum atomic E-state index is -0.884. The normalized spacial score (nSPS) is 22.2. The molecule has 178 valence electrons. The van der Waals surface area contributed by atoms with Gasteiger partial charge in [-0.25, -0.2) is 4.79 Å². The van der Waals surface area contributed by atoms with Crippen molar-refractivity contribution in [1.29, 1.82) is 0 Å². The first-order valence-corrected chi connectivity index (χ1v) is 12.1. The Balaban J connectivity index is 1.11. The minimum Gasteiger partial charge on any atom is -0.481 e. The van der Waals surface area contributed by atoms with E-state index in [4.69, 9.17) is 4.74 Å². The number of fused-ring (bicyclic) bond motifs is 3. The number of hydrogen-bond acceptors (Lipinski definition) is 4. The Bertz CT molecular complexity index is 1060. The third-order valence-corrected chi connectivity index (χ3v) is 7.61. The van der Waals surface area contributed by atoms with Crippen LogP contribution in [0.3, 0.4) is 0 Å². The molecule has 0 radical (unpaired) electrons. The SMILES string of the molecule is O=C(O)CC1(NC(=O)C2CC(NC(=O)OCC3c4ccccc4-c4ccccc43)C2)CCCC1. The van der Waals surface area contributed by atoms with Crippen LogP contribution >= 0.6 is 0 Å². The molecule has 2 aromatic carbocycles. The summed E-state index contributed by atoms with van der Waals surface area (Å²) in [6, 6.07) is 16.3. The average molecular weight is 463 g/mol. The van der Waals surface area contributed by atoms with Gasteiger partial charge >= 0.3 is 12.1 Å². The minimum absolute atomic E-state index is 0.00917. The summed E-state index contributed by atoms with van der Waals surface area (Å²) in [5.41, 5.74) is 4.08. The number of carboxylic acid groups (broad SMARTS) is 1. The summed E-state index contributed by atoms with van der Waals surface area (Å²) in [7, 11) is 0. The van der Waals surface area contributed by atoms with E-state index in [9.17, 15) is 19.5 Å². The van der Waals surface area contributed by atoms with Crippen LogP contribution in [-0.2, 0) is 14.3 Å². The highest BCUT2D eigenvalue weighted by Crippen LogP contribution is 2.44. The lowest BCUT2D eigenvalue weighted by molar-refractivity contribution is -0.139. The van der Waals surface area contributed by atoms with Gasteiger partial charge in [-0.2, -0.15) is 0 Å². The Morgan fingerprint density at radius 1 is 0.941 bits per heavy atom. The van der Waals surface area contributed by atoms with Gasteiger partial charge in [0.15, 0.2) is 0 Å². The highest BCUT2D eigenvalue weighted by Gasteiger charge is 2.42. The molecule has 0 unspecified atom stereocenters. The van der Waals surface area contributed by atoms with Crippen molar-refractivity contribution in [3.05, 3.63) is 59.7 Å². The van der Waals surface area contributed by atoms with Crippen LogP contribution in [0.25, 0.3) is 11.1 Å². The third kappa shape index (κ3) is 4.39. The van der Waals surface area contributed by atoms with Crippen LogP contribution in [0.5, 0.6) is 0 Å². The van der Waals surface area contributed by atoms with Crippen molar-refractivity contribution in [2.45, 2.75) is 62.4 Å². The molecule has 0 spiro atoms. The molecule has 0 bridgehead atoms. The number of carbonyl (C=O) groups is 3. The molecule has 0 aromatic heterocycles. The van der Waals surface area contributed by atoms with Gasteiger partial charge in [-0.15, -0.1) is 0 Å². The molecule has 7 heteroatoms. The summed E-state index contributed by atoms with van der Waals surface area (Å²) in [4.78, 5) is 36.4. The van der Waals surface area contributed by atoms with E-state index in [1.54, 1.807) is 0 Å². The number of benzene rings is 2. The van der Waals surface area contributed by atoms with Gasteiger partial charge in [-0.3, -0.25) is 9.59 Å². The van der Waals surface area contributed by atoms with Crippen molar-refractivity contribution < 1.29 is 24.2 Å². The standard InChI is InChI=1S/C27H30N2O5/c30-24(31)15-27(11-5-6-12-27)29-25(32)17-13-18(14-17)28-26(33)34-16-23-21-9-3-1-7-19(21)20-8-2-4-10-22(20)23/h1-4,7-10,17-18,23H,5-6,11-16H2,(H,28,33)(H,29,32)(H,30,31). The Hall–Kier alpha value is -3.35. The molecule has 0 aliphatic heterocycles. The molecule has 0 atom stereocenters. The van der Waals surface area contributed by atoms with Crippen molar-refractivity contribution in [1.82, 2.24) is 10.6 Å². The van der Waals surface area contributed by atoms with E-state index in [-0.39, 0.29) is 36.8 Å². The van der Waals surface area contributed by atoms with E-state index in [0.717, 1.165) is 12.8 Å². The van der Waals surface area contributed by atoms with Gasteiger partial charge in [0.05, 0.1) is 12.0 Å². The highest BCUT2D eigenvalue weighted by atomic mass is 16.5. The summed E-state index contributed by atoms with van der Waals surface area (Å²) < 4.78 is 5.59. The van der Waals surface area contributed by atoms with Gasteiger partial charge < -0.3 is 20.5 Å². The summed E-state index contributed by atoms with van der Waals surface area (Å²) >= 11 is 0. The fourth-order valence-electron chi connectivity index (χ4n) is 5.81. The molecule has 0 saturated heterocycles. The lowest BCUT2D eigenvalue weighted by atomic mass is 9.78. The predicted molar refractivity (Wildman–Crippen MR) is 126 cm³/mol. The molecule has 5 rings (SSSR count). The first-order valence-electron chi connectivity index (χ1n) is 12.1. The number of ether oxygens (including phenoxy) is 1. The van der Waals surface area contributed by atoms with E-state index in [1.165, 1.54) is 22.3 Å². The Morgan fingerprint density at radius 2 is 1.53 bits per heavy atom. The Kier molecular flexibility index (Phi) is 6.02. The maximum absolute atomic E-state index is 12.7. The van der Waals surface area contributed by atoms with Crippen LogP contribution in [0.15, 0.2) is 48.5 Å². The molecular weight excluding hydrogens is 432 g/mol. The Labute approximate surface area is 198 Å². The van der Waals surface area contributed by atoms with Gasteiger partial charge in [0.2, 0.25) is 5.91 Å². The quantitative estimate of drug-likeness (QED) is 0.572. The lowest BCUT2D eigenvalue weighted by Gasteiger charge is -2.37. The second kappa shape index (κ2) is 9.12. The van der Waals surface area contributed by atoms with Crippen LogP contribution in [0, 0.1) is 5.92 Å².